The Labute approximate surface area is 252 Å². The van der Waals surface area contributed by atoms with E-state index in [1.807, 2.05) is 30.3 Å². The smallest absolute Gasteiger partial charge is 0.460 e. The van der Waals surface area contributed by atoms with Crippen molar-refractivity contribution in [2.24, 2.45) is 0 Å². The number of aromatic nitrogens is 1. The quantitative estimate of drug-likeness (QED) is 0.390. The van der Waals surface area contributed by atoms with E-state index in [2.05, 4.69) is 10.3 Å². The van der Waals surface area contributed by atoms with E-state index >= 15 is 0 Å². The van der Waals surface area contributed by atoms with Gasteiger partial charge in [0, 0.05) is 25.1 Å². The van der Waals surface area contributed by atoms with Gasteiger partial charge in [0.1, 0.15) is 17.3 Å². The zero-order valence-corrected chi connectivity index (χ0v) is 25.7. The summed E-state index contributed by atoms with van der Waals surface area (Å²) in [7, 11) is 0. The van der Waals surface area contributed by atoms with Crippen molar-refractivity contribution >= 4 is 23.9 Å². The summed E-state index contributed by atoms with van der Waals surface area (Å²) in [6.07, 6.45) is -0.928. The Kier molecular flexibility index (Phi) is 11.2. The number of carbonyl (C=O) groups is 4. The van der Waals surface area contributed by atoms with E-state index < -0.39 is 41.2 Å². The lowest BCUT2D eigenvalue weighted by molar-refractivity contribution is -0.158. The summed E-state index contributed by atoms with van der Waals surface area (Å²) in [6, 6.07) is 11.4. The molecular weight excluding hydrogens is 556 g/mol. The number of nitrogens with one attached hydrogen (secondary N) is 1. The van der Waals surface area contributed by atoms with E-state index in [0.717, 1.165) is 5.56 Å². The molecule has 1 fully saturated rings. The summed E-state index contributed by atoms with van der Waals surface area (Å²) in [5.41, 5.74) is -0.242. The van der Waals surface area contributed by atoms with Gasteiger partial charge in [0.15, 0.2) is 0 Å². The van der Waals surface area contributed by atoms with Crippen LogP contribution in [-0.4, -0.2) is 88.4 Å². The molecule has 0 radical (unpaired) electrons. The predicted octanol–water partition coefficient (Wildman–Crippen LogP) is 3.43. The van der Waals surface area contributed by atoms with Crippen LogP contribution in [0.25, 0.3) is 11.3 Å². The van der Waals surface area contributed by atoms with E-state index in [4.69, 9.17) is 14.3 Å². The van der Waals surface area contributed by atoms with Crippen LogP contribution in [-0.2, 0) is 29.5 Å². The average molecular weight is 599 g/mol. The Morgan fingerprint density at radius 1 is 1.00 bits per heavy atom. The molecule has 234 valence electrons. The minimum atomic E-state index is -1.27. The van der Waals surface area contributed by atoms with Crippen LogP contribution in [0.1, 0.15) is 70.4 Å². The maximum absolute atomic E-state index is 13.7. The number of piperazine rings is 1. The van der Waals surface area contributed by atoms with Crippen LogP contribution in [0.5, 0.6) is 0 Å². The third-order valence-electron chi connectivity index (χ3n) is 6.51. The van der Waals surface area contributed by atoms with Gasteiger partial charge in [0.2, 0.25) is 5.91 Å². The van der Waals surface area contributed by atoms with Crippen molar-refractivity contribution in [3.8, 4) is 11.3 Å². The molecule has 0 unspecified atom stereocenters. The predicted molar refractivity (Wildman–Crippen MR) is 158 cm³/mol. The molecule has 12 heteroatoms. The van der Waals surface area contributed by atoms with E-state index in [1.54, 1.807) is 52.5 Å². The number of carbonyl (C=O) groups excluding carboxylic acids is 4. The second-order valence-corrected chi connectivity index (χ2v) is 11.7. The zero-order valence-electron chi connectivity index (χ0n) is 25.7. The van der Waals surface area contributed by atoms with Gasteiger partial charge in [-0.2, -0.15) is 0 Å². The first-order chi connectivity index (χ1) is 20.2. The zero-order chi connectivity index (χ0) is 31.8. The summed E-state index contributed by atoms with van der Waals surface area (Å²) in [5.74, 6) is -1.52. The molecule has 0 bridgehead atoms. The van der Waals surface area contributed by atoms with Gasteiger partial charge in [0.05, 0.1) is 31.0 Å². The van der Waals surface area contributed by atoms with Gasteiger partial charge in [0.25, 0.3) is 5.91 Å². The maximum Gasteiger partial charge on any atom is 0.527 e. The topological polar surface area (TPSA) is 148 Å². The standard InChI is InChI=1S/C31H42N4O8/c1-7-41-29(39)43-35-17-15-34(16-18-35)28(38)23(13-14-26(36)42-30(2,3)4)33-27(37)25-20-22(31(5,6)40)19-24(32-25)21-11-9-8-10-12-21/h8-12,19-20,23,40H,7,13-18H2,1-6H3,(H,33,37)/t23-/m0/s1. The SMILES string of the molecule is CCOC(=O)ON1CCN(C(=O)[C@H](CCC(=O)OC(C)(C)C)NC(=O)c2cc(C(C)(C)O)cc(-c3ccccc3)n2)CC1. The summed E-state index contributed by atoms with van der Waals surface area (Å²) in [6.45, 7) is 11.2. The molecule has 0 aliphatic carbocycles. The molecule has 2 N–H and O–H groups in total. The van der Waals surface area contributed by atoms with E-state index in [9.17, 15) is 24.3 Å². The molecule has 1 aromatic heterocycles. The van der Waals surface area contributed by atoms with Crippen LogP contribution in [0.15, 0.2) is 42.5 Å². The number of hydrogen-bond acceptors (Lipinski definition) is 10. The minimum Gasteiger partial charge on any atom is -0.460 e. The first-order valence-corrected chi connectivity index (χ1v) is 14.4. The van der Waals surface area contributed by atoms with Crippen molar-refractivity contribution in [1.29, 1.82) is 0 Å². The number of hydrogen-bond donors (Lipinski definition) is 2. The fourth-order valence-corrected chi connectivity index (χ4v) is 4.37. The number of rotatable bonds is 10. The van der Waals surface area contributed by atoms with Gasteiger partial charge in [-0.25, -0.2) is 9.78 Å². The molecule has 43 heavy (non-hydrogen) atoms. The lowest BCUT2D eigenvalue weighted by Crippen LogP contribution is -2.55. The third-order valence-corrected chi connectivity index (χ3v) is 6.51. The average Bonchev–Trinajstić information content (AvgIpc) is 2.94. The molecule has 2 heterocycles. The van der Waals surface area contributed by atoms with E-state index in [-0.39, 0.29) is 51.3 Å². The van der Waals surface area contributed by atoms with Crippen LogP contribution >= 0.6 is 0 Å². The Bertz CT molecular complexity index is 1280. The second-order valence-electron chi connectivity index (χ2n) is 11.7. The van der Waals surface area contributed by atoms with Crippen molar-refractivity contribution in [3.63, 3.8) is 0 Å². The van der Waals surface area contributed by atoms with Gasteiger partial charge >= 0.3 is 12.1 Å². The van der Waals surface area contributed by atoms with Gasteiger partial charge in [-0.05, 0) is 65.7 Å². The molecule has 3 rings (SSSR count). The first kappa shape index (κ1) is 33.5. The number of benzene rings is 1. The Morgan fingerprint density at radius 3 is 2.23 bits per heavy atom. The van der Waals surface area contributed by atoms with Crippen molar-refractivity contribution in [3.05, 3.63) is 53.7 Å². The number of ether oxygens (including phenoxy) is 2. The molecule has 0 saturated carbocycles. The van der Waals surface area contributed by atoms with Gasteiger partial charge in [-0.3, -0.25) is 14.4 Å². The molecule has 1 saturated heterocycles. The summed E-state index contributed by atoms with van der Waals surface area (Å²) >= 11 is 0. The molecule has 1 atom stereocenters. The highest BCUT2D eigenvalue weighted by atomic mass is 16.8. The number of esters is 1. The Balaban J connectivity index is 1.82. The number of nitrogens with zero attached hydrogens (tertiary/aromatic N) is 3. The molecule has 1 aromatic carbocycles. The number of hydroxylamine groups is 2. The summed E-state index contributed by atoms with van der Waals surface area (Å²) in [4.78, 5) is 62.6. The summed E-state index contributed by atoms with van der Waals surface area (Å²) < 4.78 is 10.2. The van der Waals surface area contributed by atoms with Crippen molar-refractivity contribution < 1.29 is 38.6 Å². The maximum atomic E-state index is 13.7. The summed E-state index contributed by atoms with van der Waals surface area (Å²) in [5, 5.41) is 14.9. The van der Waals surface area contributed by atoms with Crippen molar-refractivity contribution in [2.45, 2.75) is 71.6 Å². The highest BCUT2D eigenvalue weighted by Gasteiger charge is 2.32. The van der Waals surface area contributed by atoms with Gasteiger partial charge in [-0.15, -0.1) is 5.06 Å². The highest BCUT2D eigenvalue weighted by molar-refractivity contribution is 5.97. The highest BCUT2D eigenvalue weighted by Crippen LogP contribution is 2.26. The van der Waals surface area contributed by atoms with E-state index in [1.165, 1.54) is 11.1 Å². The lowest BCUT2D eigenvalue weighted by Gasteiger charge is -2.35. The number of aliphatic hydroxyl groups is 1. The molecule has 12 nitrogen and oxygen atoms in total. The van der Waals surface area contributed by atoms with Crippen LogP contribution in [0.3, 0.4) is 0 Å². The third kappa shape index (κ3) is 10.3. The number of amides is 2. The molecule has 2 amide bonds. The van der Waals surface area contributed by atoms with Crippen LogP contribution in [0.2, 0.25) is 0 Å². The fraction of sp³-hybridized carbons (Fsp3) is 0.516. The minimum absolute atomic E-state index is 0.00421. The Morgan fingerprint density at radius 2 is 1.65 bits per heavy atom. The van der Waals surface area contributed by atoms with E-state index in [0.29, 0.717) is 11.3 Å². The lowest BCUT2D eigenvalue weighted by atomic mass is 9.96. The number of pyridine rings is 1. The van der Waals surface area contributed by atoms with Gasteiger partial charge in [-0.1, -0.05) is 30.3 Å². The molecule has 1 aliphatic heterocycles. The van der Waals surface area contributed by atoms with Crippen LogP contribution in [0, 0.1) is 0 Å². The van der Waals surface area contributed by atoms with Crippen LogP contribution in [0.4, 0.5) is 4.79 Å². The molecular formula is C31H42N4O8. The molecule has 0 spiro atoms. The largest absolute Gasteiger partial charge is 0.527 e. The Hall–Kier alpha value is -4.03. The fourth-order valence-electron chi connectivity index (χ4n) is 4.37. The molecule has 2 aromatic rings. The normalized spacial score (nSPS) is 14.9. The first-order valence-electron chi connectivity index (χ1n) is 14.4. The van der Waals surface area contributed by atoms with Gasteiger partial charge < -0.3 is 29.6 Å². The molecule has 1 aliphatic rings. The van der Waals surface area contributed by atoms with Crippen molar-refractivity contribution in [1.82, 2.24) is 20.3 Å². The van der Waals surface area contributed by atoms with Crippen LogP contribution < -0.4 is 5.32 Å². The second kappa shape index (κ2) is 14.4. The van der Waals surface area contributed by atoms with Crippen molar-refractivity contribution in [2.75, 3.05) is 32.8 Å². The monoisotopic (exact) mass is 598 g/mol.